The molecular formula is C23H20OP+. The molecular weight excluding hydrogens is 323 g/mol. The van der Waals surface area contributed by atoms with Crippen LogP contribution in [0.5, 0.6) is 0 Å². The molecule has 0 radical (unpaired) electrons. The van der Waals surface area contributed by atoms with Gasteiger partial charge in [0.2, 0.25) is 10.6 Å². The molecule has 0 saturated carbocycles. The Morgan fingerprint density at radius 1 is 0.640 bits per heavy atom. The van der Waals surface area contributed by atoms with Gasteiger partial charge in [-0.1, -0.05) is 47.0 Å². The number of hydrogen-bond donors (Lipinski definition) is 0. The summed E-state index contributed by atoms with van der Waals surface area (Å²) < 4.78 is 13.5. The highest BCUT2D eigenvalue weighted by atomic mass is 31.1. The molecule has 0 aliphatic rings. The fourth-order valence-corrected chi connectivity index (χ4v) is 5.08. The first-order valence-corrected chi connectivity index (χ1v) is 9.78. The molecule has 0 aromatic heterocycles. The predicted octanol–water partition coefficient (Wildman–Crippen LogP) is 5.70. The molecule has 4 aromatic rings. The van der Waals surface area contributed by atoms with Crippen molar-refractivity contribution in [2.45, 2.75) is 20.8 Å². The predicted molar refractivity (Wildman–Crippen MR) is 109 cm³/mol. The van der Waals surface area contributed by atoms with Gasteiger partial charge in [-0.25, -0.2) is 0 Å². The van der Waals surface area contributed by atoms with Crippen LogP contribution < -0.4 is 10.6 Å². The lowest BCUT2D eigenvalue weighted by molar-refractivity contribution is 0.598. The third kappa shape index (κ3) is 2.56. The van der Waals surface area contributed by atoms with E-state index in [1.807, 2.05) is 36.4 Å². The van der Waals surface area contributed by atoms with Crippen LogP contribution >= 0.6 is 7.80 Å². The number of hydrogen-bond acceptors (Lipinski definition) is 1. The Labute approximate surface area is 149 Å². The zero-order valence-electron chi connectivity index (χ0n) is 14.7. The number of rotatable bonds is 2. The van der Waals surface area contributed by atoms with E-state index in [2.05, 4.69) is 51.1 Å². The van der Waals surface area contributed by atoms with Crippen LogP contribution in [-0.4, -0.2) is 0 Å². The molecule has 122 valence electrons. The van der Waals surface area contributed by atoms with Gasteiger partial charge in [-0.05, 0) is 72.5 Å². The summed E-state index contributed by atoms with van der Waals surface area (Å²) >= 11 is 0. The van der Waals surface area contributed by atoms with Crippen LogP contribution in [0.25, 0.3) is 21.5 Å². The summed E-state index contributed by atoms with van der Waals surface area (Å²) in [5.74, 6) is 0. The van der Waals surface area contributed by atoms with Crippen LogP contribution in [-0.2, 0) is 4.57 Å². The Bertz CT molecular complexity index is 1140. The minimum Gasteiger partial charge on any atom is -0.0616 e. The Balaban J connectivity index is 2.00. The molecule has 0 spiro atoms. The summed E-state index contributed by atoms with van der Waals surface area (Å²) in [5, 5.41) is 6.35. The molecule has 1 nitrogen and oxygen atoms in total. The van der Waals surface area contributed by atoms with E-state index in [1.165, 1.54) is 22.1 Å². The van der Waals surface area contributed by atoms with E-state index in [1.54, 1.807) is 0 Å². The van der Waals surface area contributed by atoms with Crippen LogP contribution in [0, 0.1) is 20.8 Å². The van der Waals surface area contributed by atoms with E-state index in [4.69, 9.17) is 0 Å². The van der Waals surface area contributed by atoms with E-state index in [-0.39, 0.29) is 0 Å². The van der Waals surface area contributed by atoms with Crippen LogP contribution in [0.4, 0.5) is 0 Å². The largest absolute Gasteiger partial charge is 0.416 e. The first-order chi connectivity index (χ1) is 12.1. The van der Waals surface area contributed by atoms with Gasteiger partial charge in [0.15, 0.2) is 0 Å². The molecule has 0 bridgehead atoms. The van der Waals surface area contributed by atoms with Gasteiger partial charge in [0.1, 0.15) is 0 Å². The zero-order chi connectivity index (χ0) is 17.6. The fraction of sp³-hybridized carbons (Fsp3) is 0.130. The maximum atomic E-state index is 13.5. The Morgan fingerprint density at radius 2 is 1.24 bits per heavy atom. The normalized spacial score (nSPS) is 11.9. The summed E-state index contributed by atoms with van der Waals surface area (Å²) in [6.07, 6.45) is 0. The van der Waals surface area contributed by atoms with Crippen molar-refractivity contribution in [2.24, 2.45) is 0 Å². The molecule has 0 fully saturated rings. The zero-order valence-corrected chi connectivity index (χ0v) is 15.6. The fourth-order valence-electron chi connectivity index (χ4n) is 3.55. The van der Waals surface area contributed by atoms with Crippen LogP contribution in [0.15, 0.2) is 66.7 Å². The van der Waals surface area contributed by atoms with Gasteiger partial charge >= 0.3 is 7.80 Å². The Kier molecular flexibility index (Phi) is 3.90. The van der Waals surface area contributed by atoms with Crippen LogP contribution in [0.2, 0.25) is 0 Å². The van der Waals surface area contributed by atoms with Gasteiger partial charge in [0, 0.05) is 10.8 Å². The SMILES string of the molecule is Cc1cc2c([P+](=O)c3cccc4ccccc34)cccc2c(C)c1C. The minimum atomic E-state index is -1.65. The monoisotopic (exact) mass is 343 g/mol. The van der Waals surface area contributed by atoms with E-state index in [0.717, 1.165) is 26.8 Å². The van der Waals surface area contributed by atoms with Gasteiger partial charge in [-0.15, -0.1) is 0 Å². The van der Waals surface area contributed by atoms with E-state index >= 15 is 0 Å². The third-order valence-electron chi connectivity index (χ3n) is 5.21. The standard InChI is InChI=1S/C23H20OP/c1-15-14-21-19(17(3)16(15)2)11-7-13-23(21)25(24)22-12-6-9-18-8-4-5-10-20(18)22/h4-14H,1-3H3/q+1. The molecule has 2 heteroatoms. The maximum Gasteiger partial charge on any atom is 0.416 e. The van der Waals surface area contributed by atoms with E-state index < -0.39 is 7.80 Å². The van der Waals surface area contributed by atoms with Gasteiger partial charge in [-0.2, -0.15) is 0 Å². The molecule has 0 aliphatic carbocycles. The molecule has 4 rings (SSSR count). The average Bonchev–Trinajstić information content (AvgIpc) is 2.65. The highest BCUT2D eigenvalue weighted by Gasteiger charge is 2.28. The van der Waals surface area contributed by atoms with Gasteiger partial charge in [-0.3, -0.25) is 0 Å². The van der Waals surface area contributed by atoms with Gasteiger partial charge in [0.05, 0.1) is 0 Å². The summed E-state index contributed by atoms with van der Waals surface area (Å²) in [6.45, 7) is 6.43. The summed E-state index contributed by atoms with van der Waals surface area (Å²) in [4.78, 5) is 0. The number of fused-ring (bicyclic) bond motifs is 2. The first kappa shape index (κ1) is 16.0. The van der Waals surface area contributed by atoms with E-state index in [9.17, 15) is 4.57 Å². The van der Waals surface area contributed by atoms with Crippen molar-refractivity contribution in [2.75, 3.05) is 0 Å². The van der Waals surface area contributed by atoms with Crippen molar-refractivity contribution in [3.8, 4) is 0 Å². The lowest BCUT2D eigenvalue weighted by Gasteiger charge is -2.09. The Morgan fingerprint density at radius 3 is 2.04 bits per heavy atom. The highest BCUT2D eigenvalue weighted by molar-refractivity contribution is 7.62. The maximum absolute atomic E-state index is 13.5. The minimum absolute atomic E-state index is 0.913. The van der Waals surface area contributed by atoms with E-state index in [0.29, 0.717) is 0 Å². The molecule has 4 aromatic carbocycles. The van der Waals surface area contributed by atoms with Crippen LogP contribution in [0.1, 0.15) is 16.7 Å². The summed E-state index contributed by atoms with van der Waals surface area (Å²) in [5.41, 5.74) is 3.84. The second-order valence-corrected chi connectivity index (χ2v) is 8.16. The second-order valence-electron chi connectivity index (χ2n) is 6.61. The lowest BCUT2D eigenvalue weighted by Crippen LogP contribution is -2.09. The first-order valence-electron chi connectivity index (χ1n) is 8.52. The number of benzene rings is 4. The molecule has 0 N–H and O–H groups in total. The van der Waals surface area contributed by atoms with Crippen molar-refractivity contribution in [3.63, 3.8) is 0 Å². The van der Waals surface area contributed by atoms with Crippen molar-refractivity contribution >= 4 is 40.0 Å². The van der Waals surface area contributed by atoms with Gasteiger partial charge in [0.25, 0.3) is 0 Å². The van der Waals surface area contributed by atoms with Crippen LogP contribution in [0.3, 0.4) is 0 Å². The van der Waals surface area contributed by atoms with Crippen molar-refractivity contribution in [1.29, 1.82) is 0 Å². The topological polar surface area (TPSA) is 17.1 Å². The smallest absolute Gasteiger partial charge is 0.0616 e. The quantitative estimate of drug-likeness (QED) is 0.427. The summed E-state index contributed by atoms with van der Waals surface area (Å²) in [7, 11) is -1.65. The highest BCUT2D eigenvalue weighted by Crippen LogP contribution is 2.31. The molecule has 25 heavy (non-hydrogen) atoms. The Hall–Kier alpha value is -2.50. The average molecular weight is 343 g/mol. The molecule has 0 heterocycles. The van der Waals surface area contributed by atoms with Crippen molar-refractivity contribution in [3.05, 3.63) is 83.4 Å². The molecule has 0 aliphatic heterocycles. The number of aryl methyl sites for hydroxylation is 2. The van der Waals surface area contributed by atoms with Crippen molar-refractivity contribution < 1.29 is 4.57 Å². The third-order valence-corrected chi connectivity index (χ3v) is 6.86. The van der Waals surface area contributed by atoms with Crippen molar-refractivity contribution in [1.82, 2.24) is 0 Å². The summed E-state index contributed by atoms with van der Waals surface area (Å²) in [6, 6.07) is 22.6. The van der Waals surface area contributed by atoms with Gasteiger partial charge < -0.3 is 0 Å². The molecule has 0 amide bonds. The lowest BCUT2D eigenvalue weighted by atomic mass is 9.97. The second kappa shape index (κ2) is 6.10. The molecule has 1 atom stereocenters. The molecule has 1 unspecified atom stereocenters. The molecule has 0 saturated heterocycles.